The highest BCUT2D eigenvalue weighted by Crippen LogP contribution is 2.38. The molecule has 2 heterocycles. The molecule has 0 radical (unpaired) electrons. The van der Waals surface area contributed by atoms with Crippen LogP contribution in [0.5, 0.6) is 5.75 Å². The van der Waals surface area contributed by atoms with E-state index in [0.717, 1.165) is 16.9 Å². The summed E-state index contributed by atoms with van der Waals surface area (Å²) in [6.07, 6.45) is 5.22. The first-order valence-electron chi connectivity index (χ1n) is 9.28. The van der Waals surface area contributed by atoms with Crippen LogP contribution in [0.4, 0.5) is 0 Å². The second kappa shape index (κ2) is 7.95. The number of rotatable bonds is 6. The van der Waals surface area contributed by atoms with Gasteiger partial charge in [-0.2, -0.15) is 0 Å². The molecule has 1 fully saturated rings. The standard InChI is InChI=1S/C22H23ClN2O3/c1-16-3-6-19(7-4-16)26-12-20-13-27-22(28-20,14-25-10-9-24-15-25)21-8-5-18(23)11-17(21)2/h3-11,15,20H,12-14H2,1-2H3. The predicted molar refractivity (Wildman–Crippen MR) is 108 cm³/mol. The van der Waals surface area contributed by atoms with Crippen LogP contribution in [-0.4, -0.2) is 28.9 Å². The van der Waals surface area contributed by atoms with E-state index in [2.05, 4.69) is 11.9 Å². The first-order valence-corrected chi connectivity index (χ1v) is 9.65. The van der Waals surface area contributed by atoms with Gasteiger partial charge < -0.3 is 18.8 Å². The van der Waals surface area contributed by atoms with Gasteiger partial charge in [0.2, 0.25) is 5.79 Å². The molecule has 1 saturated heterocycles. The minimum atomic E-state index is -0.906. The van der Waals surface area contributed by atoms with Gasteiger partial charge in [0.25, 0.3) is 0 Å². The van der Waals surface area contributed by atoms with E-state index in [4.69, 9.17) is 25.8 Å². The molecule has 2 atom stereocenters. The van der Waals surface area contributed by atoms with Crippen molar-refractivity contribution in [2.24, 2.45) is 0 Å². The van der Waals surface area contributed by atoms with E-state index in [0.29, 0.717) is 24.8 Å². The molecule has 0 saturated carbocycles. The summed E-state index contributed by atoms with van der Waals surface area (Å²) < 4.78 is 20.6. The number of hydrogen-bond donors (Lipinski definition) is 0. The van der Waals surface area contributed by atoms with Crippen molar-refractivity contribution in [1.82, 2.24) is 9.55 Å². The first kappa shape index (κ1) is 19.0. The molecule has 5 nitrogen and oxygen atoms in total. The zero-order valence-electron chi connectivity index (χ0n) is 16.0. The SMILES string of the molecule is Cc1ccc(OCC2COC(Cn3ccnc3)(c3ccc(Cl)cc3C)O2)cc1. The van der Waals surface area contributed by atoms with Gasteiger partial charge in [0.15, 0.2) is 0 Å². The van der Waals surface area contributed by atoms with Gasteiger partial charge >= 0.3 is 0 Å². The summed E-state index contributed by atoms with van der Waals surface area (Å²) in [6, 6.07) is 13.7. The molecule has 146 valence electrons. The lowest BCUT2D eigenvalue weighted by molar-refractivity contribution is -0.189. The number of ether oxygens (including phenoxy) is 3. The summed E-state index contributed by atoms with van der Waals surface area (Å²) in [7, 11) is 0. The molecule has 0 amide bonds. The van der Waals surface area contributed by atoms with Crippen LogP contribution in [0.25, 0.3) is 0 Å². The third-order valence-corrected chi connectivity index (χ3v) is 5.10. The van der Waals surface area contributed by atoms with Crippen LogP contribution in [0, 0.1) is 13.8 Å². The number of hydrogen-bond acceptors (Lipinski definition) is 4. The second-order valence-corrected chi connectivity index (χ2v) is 7.56. The maximum atomic E-state index is 6.44. The monoisotopic (exact) mass is 398 g/mol. The molecule has 1 aliphatic heterocycles. The van der Waals surface area contributed by atoms with E-state index in [1.165, 1.54) is 5.56 Å². The Morgan fingerprint density at radius 1 is 1.21 bits per heavy atom. The van der Waals surface area contributed by atoms with Crippen LogP contribution in [0.3, 0.4) is 0 Å². The molecule has 3 aromatic rings. The molecule has 0 bridgehead atoms. The Hall–Kier alpha value is -2.34. The van der Waals surface area contributed by atoms with Gasteiger partial charge in [-0.25, -0.2) is 4.98 Å². The number of halogens is 1. The summed E-state index contributed by atoms with van der Waals surface area (Å²) >= 11 is 6.15. The van der Waals surface area contributed by atoms with Gasteiger partial charge in [0.05, 0.1) is 19.5 Å². The van der Waals surface area contributed by atoms with Gasteiger partial charge in [-0.05, 0) is 43.7 Å². The minimum Gasteiger partial charge on any atom is -0.491 e. The summed E-state index contributed by atoms with van der Waals surface area (Å²) in [5.74, 6) is -0.0829. The Morgan fingerprint density at radius 3 is 2.75 bits per heavy atom. The lowest BCUT2D eigenvalue weighted by Crippen LogP contribution is -2.35. The van der Waals surface area contributed by atoms with Crippen molar-refractivity contribution < 1.29 is 14.2 Å². The first-order chi connectivity index (χ1) is 13.5. The second-order valence-electron chi connectivity index (χ2n) is 7.12. The Balaban J connectivity index is 1.54. The number of aryl methyl sites for hydroxylation is 2. The van der Waals surface area contributed by atoms with Crippen molar-refractivity contribution in [2.45, 2.75) is 32.3 Å². The molecule has 6 heteroatoms. The molecular formula is C22H23ClN2O3. The molecular weight excluding hydrogens is 376 g/mol. The fourth-order valence-electron chi connectivity index (χ4n) is 3.46. The van der Waals surface area contributed by atoms with E-state index < -0.39 is 5.79 Å². The highest BCUT2D eigenvalue weighted by atomic mass is 35.5. The molecule has 0 aliphatic carbocycles. The predicted octanol–water partition coefficient (Wildman–Crippen LogP) is 4.50. The van der Waals surface area contributed by atoms with Crippen molar-refractivity contribution in [3.63, 3.8) is 0 Å². The highest BCUT2D eigenvalue weighted by Gasteiger charge is 2.44. The lowest BCUT2D eigenvalue weighted by atomic mass is 10.00. The molecule has 1 aromatic heterocycles. The highest BCUT2D eigenvalue weighted by molar-refractivity contribution is 6.30. The normalized spacial score (nSPS) is 21.8. The maximum Gasteiger partial charge on any atom is 0.214 e. The maximum absolute atomic E-state index is 6.44. The van der Waals surface area contributed by atoms with E-state index in [1.54, 1.807) is 12.5 Å². The Bertz CT molecular complexity index is 927. The van der Waals surface area contributed by atoms with Crippen molar-refractivity contribution in [1.29, 1.82) is 0 Å². The van der Waals surface area contributed by atoms with Gasteiger partial charge in [-0.3, -0.25) is 0 Å². The van der Waals surface area contributed by atoms with E-state index in [-0.39, 0.29) is 6.10 Å². The third-order valence-electron chi connectivity index (χ3n) is 4.87. The van der Waals surface area contributed by atoms with Crippen LogP contribution in [-0.2, 0) is 21.8 Å². The molecule has 4 rings (SSSR count). The molecule has 2 aromatic carbocycles. The number of imidazole rings is 1. The molecule has 2 unspecified atom stereocenters. The van der Waals surface area contributed by atoms with Crippen molar-refractivity contribution in [3.05, 3.63) is 82.9 Å². The van der Waals surface area contributed by atoms with Crippen LogP contribution in [0.1, 0.15) is 16.7 Å². The topological polar surface area (TPSA) is 45.5 Å². The number of aromatic nitrogens is 2. The number of nitrogens with zero attached hydrogens (tertiary/aromatic N) is 2. The van der Waals surface area contributed by atoms with Crippen LogP contribution in [0.2, 0.25) is 5.02 Å². The van der Waals surface area contributed by atoms with Crippen LogP contribution in [0.15, 0.2) is 61.2 Å². The summed E-state index contributed by atoms with van der Waals surface area (Å²) in [6.45, 7) is 5.43. The van der Waals surface area contributed by atoms with E-state index in [9.17, 15) is 0 Å². The van der Waals surface area contributed by atoms with Gasteiger partial charge in [0, 0.05) is 23.0 Å². The molecule has 1 aliphatic rings. The average Bonchev–Trinajstić information content (AvgIpc) is 3.32. The summed E-state index contributed by atoms with van der Waals surface area (Å²) in [5.41, 5.74) is 3.18. The lowest BCUT2D eigenvalue weighted by Gasteiger charge is -2.30. The number of benzene rings is 2. The van der Waals surface area contributed by atoms with Gasteiger partial charge in [0.1, 0.15) is 18.5 Å². The molecule has 28 heavy (non-hydrogen) atoms. The van der Waals surface area contributed by atoms with E-state index >= 15 is 0 Å². The van der Waals surface area contributed by atoms with Crippen molar-refractivity contribution in [2.75, 3.05) is 13.2 Å². The third kappa shape index (κ3) is 4.07. The molecule has 0 spiro atoms. The van der Waals surface area contributed by atoms with Crippen molar-refractivity contribution in [3.8, 4) is 5.75 Å². The summed E-state index contributed by atoms with van der Waals surface area (Å²) in [5, 5.41) is 0.691. The zero-order chi connectivity index (χ0) is 19.6. The Kier molecular flexibility index (Phi) is 5.40. The van der Waals surface area contributed by atoms with Crippen LogP contribution < -0.4 is 4.74 Å². The smallest absolute Gasteiger partial charge is 0.214 e. The average molecular weight is 399 g/mol. The van der Waals surface area contributed by atoms with Crippen molar-refractivity contribution >= 4 is 11.6 Å². The van der Waals surface area contributed by atoms with Gasteiger partial charge in [-0.15, -0.1) is 0 Å². The summed E-state index contributed by atoms with van der Waals surface area (Å²) in [4.78, 5) is 4.13. The largest absolute Gasteiger partial charge is 0.491 e. The quantitative estimate of drug-likeness (QED) is 0.613. The fraction of sp³-hybridized carbons (Fsp3) is 0.318. The minimum absolute atomic E-state index is 0.181. The Morgan fingerprint density at radius 2 is 2.04 bits per heavy atom. The van der Waals surface area contributed by atoms with Gasteiger partial charge in [-0.1, -0.05) is 35.4 Å². The fourth-order valence-corrected chi connectivity index (χ4v) is 3.68. The van der Waals surface area contributed by atoms with Crippen LogP contribution >= 0.6 is 11.6 Å². The molecule has 0 N–H and O–H groups in total. The Labute approximate surface area is 169 Å². The zero-order valence-corrected chi connectivity index (χ0v) is 16.7. The van der Waals surface area contributed by atoms with E-state index in [1.807, 2.05) is 60.2 Å².